The van der Waals surface area contributed by atoms with Gasteiger partial charge >= 0.3 is 0 Å². The highest BCUT2D eigenvalue weighted by atomic mass is 35.5. The van der Waals surface area contributed by atoms with E-state index >= 15 is 0 Å². The maximum Gasteiger partial charge on any atom is 0.240 e. The van der Waals surface area contributed by atoms with Crippen LogP contribution < -0.4 is 4.72 Å². The number of rotatable bonds is 7. The van der Waals surface area contributed by atoms with E-state index < -0.39 is 15.8 Å². The van der Waals surface area contributed by atoms with Gasteiger partial charge in [0.05, 0.1) is 9.92 Å². The molecule has 1 aromatic carbocycles. The van der Waals surface area contributed by atoms with E-state index in [2.05, 4.69) is 11.6 Å². The fourth-order valence-corrected chi connectivity index (χ4v) is 2.83. The normalized spacial score (nSPS) is 11.7. The number of hydrogen-bond donors (Lipinski definition) is 1. The van der Waals surface area contributed by atoms with Crippen LogP contribution in [0.2, 0.25) is 5.02 Å². The fraction of sp³-hybridized carbons (Fsp3) is 0.500. The highest BCUT2D eigenvalue weighted by Gasteiger charge is 2.14. The second-order valence-electron chi connectivity index (χ2n) is 4.03. The molecule has 0 aliphatic heterocycles. The SMILES string of the molecule is CCCCCCNS(=O)(=O)c1ccc(F)c(Cl)c1. The number of sulfonamides is 1. The smallest absolute Gasteiger partial charge is 0.211 e. The molecule has 0 aromatic heterocycles. The molecule has 0 saturated heterocycles. The largest absolute Gasteiger partial charge is 0.240 e. The third kappa shape index (κ3) is 4.55. The molecule has 1 aromatic rings. The van der Waals surface area contributed by atoms with E-state index in [0.29, 0.717) is 6.54 Å². The quantitative estimate of drug-likeness (QED) is 0.784. The summed E-state index contributed by atoms with van der Waals surface area (Å²) in [7, 11) is -3.59. The standard InChI is InChI=1S/C12H17ClFNO2S/c1-2-3-4-5-8-15-18(16,17)10-6-7-12(14)11(13)9-10/h6-7,9,15H,2-5,8H2,1H3. The van der Waals surface area contributed by atoms with Gasteiger partial charge in [0.1, 0.15) is 5.82 Å². The summed E-state index contributed by atoms with van der Waals surface area (Å²) in [5.41, 5.74) is 0. The first-order valence-electron chi connectivity index (χ1n) is 5.92. The van der Waals surface area contributed by atoms with Gasteiger partial charge in [0.25, 0.3) is 0 Å². The molecule has 0 spiro atoms. The Labute approximate surface area is 112 Å². The van der Waals surface area contributed by atoms with Gasteiger partial charge in [-0.3, -0.25) is 0 Å². The molecule has 0 heterocycles. The zero-order chi connectivity index (χ0) is 13.6. The van der Waals surface area contributed by atoms with E-state index in [1.807, 2.05) is 0 Å². The summed E-state index contributed by atoms with van der Waals surface area (Å²) in [4.78, 5) is -0.00982. The Morgan fingerprint density at radius 1 is 1.28 bits per heavy atom. The van der Waals surface area contributed by atoms with Crippen molar-refractivity contribution < 1.29 is 12.8 Å². The van der Waals surface area contributed by atoms with Crippen LogP contribution in [-0.2, 0) is 10.0 Å². The molecule has 102 valence electrons. The predicted octanol–water partition coefficient (Wildman–Crippen LogP) is 3.34. The van der Waals surface area contributed by atoms with Gasteiger partial charge in [0.15, 0.2) is 0 Å². The summed E-state index contributed by atoms with van der Waals surface area (Å²) >= 11 is 5.56. The second kappa shape index (κ2) is 7.07. The van der Waals surface area contributed by atoms with E-state index in [1.54, 1.807) is 0 Å². The molecule has 6 heteroatoms. The molecule has 1 N–H and O–H groups in total. The van der Waals surface area contributed by atoms with Crippen molar-refractivity contribution in [2.24, 2.45) is 0 Å². The van der Waals surface area contributed by atoms with Crippen LogP contribution in [0.3, 0.4) is 0 Å². The van der Waals surface area contributed by atoms with Crippen molar-refractivity contribution in [3.05, 3.63) is 29.0 Å². The van der Waals surface area contributed by atoms with Crippen LogP contribution in [0.5, 0.6) is 0 Å². The summed E-state index contributed by atoms with van der Waals surface area (Å²) < 4.78 is 39.1. The molecule has 0 fully saturated rings. The van der Waals surface area contributed by atoms with Crippen molar-refractivity contribution in [3.63, 3.8) is 0 Å². The summed E-state index contributed by atoms with van der Waals surface area (Å²) in [5.74, 6) is -0.626. The van der Waals surface area contributed by atoms with Gasteiger partial charge in [0, 0.05) is 6.54 Å². The average molecular weight is 294 g/mol. The van der Waals surface area contributed by atoms with E-state index in [9.17, 15) is 12.8 Å². The van der Waals surface area contributed by atoms with Gasteiger partial charge in [-0.1, -0.05) is 37.8 Å². The number of unbranched alkanes of at least 4 members (excludes halogenated alkanes) is 3. The highest BCUT2D eigenvalue weighted by molar-refractivity contribution is 7.89. The van der Waals surface area contributed by atoms with Crippen molar-refractivity contribution in [3.8, 4) is 0 Å². The molecule has 0 amide bonds. The van der Waals surface area contributed by atoms with Gasteiger partial charge in [0.2, 0.25) is 10.0 Å². The van der Waals surface area contributed by atoms with Gasteiger partial charge < -0.3 is 0 Å². The van der Waals surface area contributed by atoms with Crippen LogP contribution in [-0.4, -0.2) is 15.0 Å². The van der Waals surface area contributed by atoms with Gasteiger partial charge in [-0.2, -0.15) is 0 Å². The first kappa shape index (κ1) is 15.4. The first-order valence-corrected chi connectivity index (χ1v) is 7.78. The number of nitrogens with one attached hydrogen (secondary N) is 1. The predicted molar refractivity (Wildman–Crippen MR) is 70.7 cm³/mol. The lowest BCUT2D eigenvalue weighted by Crippen LogP contribution is -2.24. The lowest BCUT2D eigenvalue weighted by molar-refractivity contribution is 0.573. The minimum absolute atomic E-state index is 0.00982. The van der Waals surface area contributed by atoms with Crippen LogP contribution in [0.4, 0.5) is 4.39 Å². The van der Waals surface area contributed by atoms with Gasteiger partial charge in [-0.25, -0.2) is 17.5 Å². The molecule has 0 aliphatic rings. The van der Waals surface area contributed by atoms with Crippen LogP contribution in [0.25, 0.3) is 0 Å². The zero-order valence-electron chi connectivity index (χ0n) is 10.2. The molecular formula is C12H17ClFNO2S. The fourth-order valence-electron chi connectivity index (χ4n) is 1.49. The Kier molecular flexibility index (Phi) is 6.05. The number of benzene rings is 1. The molecule has 0 bridgehead atoms. The summed E-state index contributed by atoms with van der Waals surface area (Å²) in [6, 6.07) is 3.37. The molecule has 3 nitrogen and oxygen atoms in total. The molecule has 0 aliphatic carbocycles. The van der Waals surface area contributed by atoms with Crippen molar-refractivity contribution in [2.75, 3.05) is 6.54 Å². The average Bonchev–Trinajstić information content (AvgIpc) is 2.32. The third-order valence-corrected chi connectivity index (χ3v) is 4.27. The van der Waals surface area contributed by atoms with Crippen molar-refractivity contribution in [1.82, 2.24) is 4.72 Å². The Morgan fingerprint density at radius 3 is 2.61 bits per heavy atom. The van der Waals surface area contributed by atoms with Crippen LogP contribution in [0.1, 0.15) is 32.6 Å². The maximum absolute atomic E-state index is 12.9. The van der Waals surface area contributed by atoms with E-state index in [-0.39, 0.29) is 9.92 Å². The van der Waals surface area contributed by atoms with Crippen LogP contribution in [0, 0.1) is 5.82 Å². The lowest BCUT2D eigenvalue weighted by atomic mass is 10.2. The zero-order valence-corrected chi connectivity index (χ0v) is 11.8. The van der Waals surface area contributed by atoms with E-state index in [0.717, 1.165) is 37.8 Å². The summed E-state index contributed by atoms with van der Waals surface area (Å²) in [6.07, 6.45) is 3.97. The topological polar surface area (TPSA) is 46.2 Å². The minimum atomic E-state index is -3.59. The Balaban J connectivity index is 2.60. The van der Waals surface area contributed by atoms with Crippen molar-refractivity contribution >= 4 is 21.6 Å². The van der Waals surface area contributed by atoms with Crippen LogP contribution >= 0.6 is 11.6 Å². The Bertz CT molecular complexity index is 491. The van der Waals surface area contributed by atoms with E-state index in [1.165, 1.54) is 6.07 Å². The van der Waals surface area contributed by atoms with Gasteiger partial charge in [-0.05, 0) is 24.6 Å². The van der Waals surface area contributed by atoms with Crippen LogP contribution in [0.15, 0.2) is 23.1 Å². The number of halogens is 2. The Morgan fingerprint density at radius 2 is 2.00 bits per heavy atom. The minimum Gasteiger partial charge on any atom is -0.211 e. The molecule has 0 unspecified atom stereocenters. The second-order valence-corrected chi connectivity index (χ2v) is 6.21. The van der Waals surface area contributed by atoms with Crippen molar-refractivity contribution in [2.45, 2.75) is 37.5 Å². The summed E-state index contributed by atoms with van der Waals surface area (Å²) in [5, 5.41) is -0.191. The number of hydrogen-bond acceptors (Lipinski definition) is 2. The lowest BCUT2D eigenvalue weighted by Gasteiger charge is -2.07. The molecule has 0 atom stereocenters. The van der Waals surface area contributed by atoms with Gasteiger partial charge in [-0.15, -0.1) is 0 Å². The molecule has 0 saturated carbocycles. The molecule has 1 rings (SSSR count). The summed E-state index contributed by atoms with van der Waals surface area (Å²) in [6.45, 7) is 2.47. The monoisotopic (exact) mass is 293 g/mol. The highest BCUT2D eigenvalue weighted by Crippen LogP contribution is 2.19. The Hall–Kier alpha value is -0.650. The van der Waals surface area contributed by atoms with E-state index in [4.69, 9.17) is 11.6 Å². The first-order chi connectivity index (χ1) is 8.47. The molecular weight excluding hydrogens is 277 g/mol. The van der Waals surface area contributed by atoms with Crippen molar-refractivity contribution in [1.29, 1.82) is 0 Å². The molecule has 0 radical (unpaired) electrons. The maximum atomic E-state index is 12.9. The molecule has 18 heavy (non-hydrogen) atoms. The third-order valence-electron chi connectivity index (χ3n) is 2.52.